The lowest BCUT2D eigenvalue weighted by atomic mass is 9.93. The summed E-state index contributed by atoms with van der Waals surface area (Å²) in [5.74, 6) is -0.201. The zero-order valence-electron chi connectivity index (χ0n) is 16.8. The van der Waals surface area contributed by atoms with Crippen molar-refractivity contribution in [3.63, 3.8) is 0 Å². The molecule has 7 nitrogen and oxygen atoms in total. The number of hydrogen-bond acceptors (Lipinski definition) is 5. The first kappa shape index (κ1) is 20.7. The van der Waals surface area contributed by atoms with Gasteiger partial charge in [0.2, 0.25) is 0 Å². The number of nitrogens with one attached hydrogen (secondary N) is 1. The molecule has 0 unspecified atom stereocenters. The minimum absolute atomic E-state index is 0.0614. The summed E-state index contributed by atoms with van der Waals surface area (Å²) in [6.07, 6.45) is 0. The molecule has 154 valence electrons. The molecule has 0 aliphatic heterocycles. The Morgan fingerprint density at radius 2 is 1.47 bits per heavy atom. The Balaban J connectivity index is 2.15. The number of benzene rings is 3. The molecule has 0 saturated carbocycles. The van der Waals surface area contributed by atoms with Gasteiger partial charge in [-0.25, -0.2) is 4.79 Å². The van der Waals surface area contributed by atoms with Crippen LogP contribution in [0.5, 0.6) is 17.2 Å². The highest BCUT2D eigenvalue weighted by Gasteiger charge is 2.23. The first-order valence-electron chi connectivity index (χ1n) is 9.02. The Morgan fingerprint density at radius 1 is 0.800 bits per heavy atom. The van der Waals surface area contributed by atoms with E-state index in [0.717, 1.165) is 0 Å². The van der Waals surface area contributed by atoms with Crippen LogP contribution in [0, 0.1) is 0 Å². The van der Waals surface area contributed by atoms with Crippen LogP contribution in [0.25, 0.3) is 11.1 Å². The molecule has 0 spiro atoms. The molecule has 3 aromatic carbocycles. The topological polar surface area (TPSA) is 94.1 Å². The summed E-state index contributed by atoms with van der Waals surface area (Å²) < 4.78 is 15.9. The third-order valence-electron chi connectivity index (χ3n) is 4.55. The van der Waals surface area contributed by atoms with E-state index in [4.69, 9.17) is 14.2 Å². The Morgan fingerprint density at radius 3 is 2.07 bits per heavy atom. The predicted octanol–water partition coefficient (Wildman–Crippen LogP) is 4.33. The van der Waals surface area contributed by atoms with Crippen LogP contribution in [0.4, 0.5) is 5.69 Å². The van der Waals surface area contributed by atoms with Gasteiger partial charge in [0, 0.05) is 17.3 Å². The van der Waals surface area contributed by atoms with Gasteiger partial charge in [-0.15, -0.1) is 0 Å². The van der Waals surface area contributed by atoms with Crippen molar-refractivity contribution in [1.29, 1.82) is 0 Å². The second kappa shape index (κ2) is 9.00. The van der Waals surface area contributed by atoms with Gasteiger partial charge in [0.05, 0.1) is 32.5 Å². The molecular formula is C23H21NO6. The van der Waals surface area contributed by atoms with Crippen LogP contribution in [0.2, 0.25) is 0 Å². The van der Waals surface area contributed by atoms with E-state index >= 15 is 0 Å². The van der Waals surface area contributed by atoms with Crippen molar-refractivity contribution in [3.8, 4) is 28.4 Å². The van der Waals surface area contributed by atoms with Crippen LogP contribution < -0.4 is 19.5 Å². The zero-order chi connectivity index (χ0) is 21.7. The number of aromatic carboxylic acids is 1. The molecule has 0 aliphatic rings. The quantitative estimate of drug-likeness (QED) is 0.605. The molecule has 2 N–H and O–H groups in total. The Hall–Kier alpha value is -4.00. The Labute approximate surface area is 173 Å². The molecule has 0 radical (unpaired) electrons. The molecule has 0 heterocycles. The number of ether oxygens (including phenoxy) is 3. The number of carboxylic acid groups (broad SMARTS) is 1. The minimum atomic E-state index is -1.10. The largest absolute Gasteiger partial charge is 0.497 e. The van der Waals surface area contributed by atoms with Crippen LogP contribution in [0.15, 0.2) is 60.7 Å². The number of carbonyl (C=O) groups is 2. The number of anilines is 1. The average Bonchev–Trinajstić information content (AvgIpc) is 2.78. The van der Waals surface area contributed by atoms with Gasteiger partial charge in [0.15, 0.2) is 0 Å². The molecule has 0 bridgehead atoms. The molecule has 0 atom stereocenters. The first-order chi connectivity index (χ1) is 14.5. The van der Waals surface area contributed by atoms with E-state index in [1.807, 2.05) is 0 Å². The smallest absolute Gasteiger partial charge is 0.336 e. The average molecular weight is 407 g/mol. The van der Waals surface area contributed by atoms with E-state index in [-0.39, 0.29) is 16.9 Å². The van der Waals surface area contributed by atoms with Gasteiger partial charge >= 0.3 is 5.97 Å². The molecule has 0 aliphatic carbocycles. The summed E-state index contributed by atoms with van der Waals surface area (Å²) in [6.45, 7) is 0. The van der Waals surface area contributed by atoms with E-state index in [1.165, 1.54) is 20.3 Å². The standard InChI is InChI=1S/C23H21NO6/c1-28-15-10-8-14(9-11-15)24-22(25)21-19(12-16(29-2)13-20(21)30-3)17-6-4-5-7-18(17)23(26)27/h4-13H,1-3H3,(H,24,25)(H,26,27). The SMILES string of the molecule is COc1ccc(NC(=O)c2c(OC)cc(OC)cc2-c2ccccc2C(=O)O)cc1. The fraction of sp³-hybridized carbons (Fsp3) is 0.130. The summed E-state index contributed by atoms with van der Waals surface area (Å²) in [4.78, 5) is 25.0. The number of carboxylic acids is 1. The van der Waals surface area contributed by atoms with Gasteiger partial charge in [-0.05, 0) is 42.0 Å². The Kier molecular flexibility index (Phi) is 6.22. The van der Waals surface area contributed by atoms with Crippen LogP contribution in [-0.2, 0) is 0 Å². The van der Waals surface area contributed by atoms with Gasteiger partial charge in [0.25, 0.3) is 5.91 Å². The van der Waals surface area contributed by atoms with Gasteiger partial charge in [-0.3, -0.25) is 4.79 Å². The highest BCUT2D eigenvalue weighted by molar-refractivity contribution is 6.12. The van der Waals surface area contributed by atoms with Crippen molar-refractivity contribution in [2.75, 3.05) is 26.6 Å². The molecule has 0 fully saturated rings. The van der Waals surface area contributed by atoms with Gasteiger partial charge in [0.1, 0.15) is 17.2 Å². The highest BCUT2D eigenvalue weighted by Crippen LogP contribution is 2.37. The van der Waals surface area contributed by atoms with E-state index in [2.05, 4.69) is 5.32 Å². The highest BCUT2D eigenvalue weighted by atomic mass is 16.5. The van der Waals surface area contributed by atoms with Crippen molar-refractivity contribution in [2.24, 2.45) is 0 Å². The minimum Gasteiger partial charge on any atom is -0.497 e. The number of hydrogen-bond donors (Lipinski definition) is 2. The number of rotatable bonds is 7. The van der Waals surface area contributed by atoms with Crippen molar-refractivity contribution in [2.45, 2.75) is 0 Å². The summed E-state index contributed by atoms with van der Waals surface area (Å²) >= 11 is 0. The lowest BCUT2D eigenvalue weighted by Gasteiger charge is -2.17. The van der Waals surface area contributed by atoms with Crippen LogP contribution in [0.3, 0.4) is 0 Å². The molecule has 3 rings (SSSR count). The molecule has 0 saturated heterocycles. The maximum Gasteiger partial charge on any atom is 0.336 e. The van der Waals surface area contributed by atoms with E-state index in [0.29, 0.717) is 28.3 Å². The number of methoxy groups -OCH3 is 3. The molecule has 3 aromatic rings. The second-order valence-corrected chi connectivity index (χ2v) is 6.29. The maximum absolute atomic E-state index is 13.2. The van der Waals surface area contributed by atoms with Crippen LogP contribution in [0.1, 0.15) is 20.7 Å². The monoisotopic (exact) mass is 407 g/mol. The van der Waals surface area contributed by atoms with Crippen molar-refractivity contribution >= 4 is 17.6 Å². The van der Waals surface area contributed by atoms with Crippen LogP contribution in [-0.4, -0.2) is 38.3 Å². The molecule has 30 heavy (non-hydrogen) atoms. The second-order valence-electron chi connectivity index (χ2n) is 6.29. The molecule has 1 amide bonds. The van der Waals surface area contributed by atoms with Gasteiger partial charge < -0.3 is 24.6 Å². The van der Waals surface area contributed by atoms with E-state index in [1.54, 1.807) is 61.7 Å². The summed E-state index contributed by atoms with van der Waals surface area (Å²) in [6, 6.07) is 16.5. The van der Waals surface area contributed by atoms with E-state index < -0.39 is 11.9 Å². The normalized spacial score (nSPS) is 10.2. The van der Waals surface area contributed by atoms with Gasteiger partial charge in [-0.1, -0.05) is 18.2 Å². The fourth-order valence-electron chi connectivity index (χ4n) is 3.09. The number of carbonyl (C=O) groups excluding carboxylic acids is 1. The zero-order valence-corrected chi connectivity index (χ0v) is 16.8. The van der Waals surface area contributed by atoms with Crippen molar-refractivity contribution < 1.29 is 28.9 Å². The maximum atomic E-state index is 13.2. The number of amides is 1. The summed E-state index contributed by atoms with van der Waals surface area (Å²) in [5.41, 5.74) is 1.57. The van der Waals surface area contributed by atoms with E-state index in [9.17, 15) is 14.7 Å². The summed E-state index contributed by atoms with van der Waals surface area (Å²) in [5, 5.41) is 12.4. The lowest BCUT2D eigenvalue weighted by molar-refractivity contribution is 0.0697. The van der Waals surface area contributed by atoms with Crippen LogP contribution >= 0.6 is 0 Å². The fourth-order valence-corrected chi connectivity index (χ4v) is 3.09. The summed E-state index contributed by atoms with van der Waals surface area (Å²) in [7, 11) is 4.48. The molecular weight excluding hydrogens is 386 g/mol. The van der Waals surface area contributed by atoms with Crippen molar-refractivity contribution in [1.82, 2.24) is 0 Å². The molecule has 7 heteroatoms. The lowest BCUT2D eigenvalue weighted by Crippen LogP contribution is -2.15. The predicted molar refractivity (Wildman–Crippen MR) is 113 cm³/mol. The Bertz CT molecular complexity index is 1080. The third kappa shape index (κ3) is 4.20. The first-order valence-corrected chi connectivity index (χ1v) is 9.02. The third-order valence-corrected chi connectivity index (χ3v) is 4.55. The van der Waals surface area contributed by atoms with Gasteiger partial charge in [-0.2, -0.15) is 0 Å². The molecule has 0 aromatic heterocycles. The van der Waals surface area contributed by atoms with Crippen molar-refractivity contribution in [3.05, 3.63) is 71.8 Å².